The number of methoxy groups -OCH3 is 1. The average Bonchev–Trinajstić information content (AvgIpc) is 2.75. The van der Waals surface area contributed by atoms with Gasteiger partial charge in [0.2, 0.25) is 0 Å². The number of likely N-dealkylation sites (tertiary alicyclic amines) is 1. The summed E-state index contributed by atoms with van der Waals surface area (Å²) in [5.74, 6) is 1.72. The molecule has 1 aromatic heterocycles. The van der Waals surface area contributed by atoms with Gasteiger partial charge in [-0.1, -0.05) is 6.07 Å². The van der Waals surface area contributed by atoms with Crippen LogP contribution in [-0.2, 0) is 6.42 Å². The minimum atomic E-state index is 0.0241. The Balaban J connectivity index is 1.32. The van der Waals surface area contributed by atoms with Crippen LogP contribution in [0.3, 0.4) is 0 Å². The first-order chi connectivity index (χ1) is 13.7. The van der Waals surface area contributed by atoms with E-state index >= 15 is 0 Å². The number of urea groups is 1. The number of piperidine rings is 1. The van der Waals surface area contributed by atoms with E-state index in [9.17, 15) is 4.79 Å². The van der Waals surface area contributed by atoms with Gasteiger partial charge < -0.3 is 19.7 Å². The molecule has 1 aliphatic heterocycles. The predicted octanol–water partition coefficient (Wildman–Crippen LogP) is 3.72. The summed E-state index contributed by atoms with van der Waals surface area (Å²) >= 11 is 0. The van der Waals surface area contributed by atoms with Crippen molar-refractivity contribution in [3.05, 3.63) is 53.9 Å². The van der Waals surface area contributed by atoms with Crippen LogP contribution in [0.25, 0.3) is 0 Å². The summed E-state index contributed by atoms with van der Waals surface area (Å²) in [5.41, 5.74) is 2.50. The summed E-state index contributed by atoms with van der Waals surface area (Å²) in [6.07, 6.45) is 8.39. The molecule has 148 valence electrons. The van der Waals surface area contributed by atoms with Crippen LogP contribution in [0.5, 0.6) is 11.5 Å². The zero-order valence-electron chi connectivity index (χ0n) is 16.3. The van der Waals surface area contributed by atoms with Gasteiger partial charge in [-0.25, -0.2) is 4.79 Å². The van der Waals surface area contributed by atoms with Crippen LogP contribution in [0.4, 0.5) is 4.79 Å². The second-order valence-corrected chi connectivity index (χ2v) is 7.45. The number of nitrogens with zero attached hydrogens (tertiary/aromatic N) is 2. The lowest BCUT2D eigenvalue weighted by molar-refractivity contribution is 0.109. The molecule has 28 heavy (non-hydrogen) atoms. The molecule has 2 aromatic rings. The van der Waals surface area contributed by atoms with Crippen molar-refractivity contribution in [2.45, 2.75) is 44.2 Å². The largest absolute Gasteiger partial charge is 0.497 e. The van der Waals surface area contributed by atoms with Crippen LogP contribution in [0.2, 0.25) is 0 Å². The van der Waals surface area contributed by atoms with Gasteiger partial charge in [-0.3, -0.25) is 4.98 Å². The van der Waals surface area contributed by atoms with Gasteiger partial charge in [0.15, 0.2) is 0 Å². The first-order valence-electron chi connectivity index (χ1n) is 10.0. The summed E-state index contributed by atoms with van der Waals surface area (Å²) < 4.78 is 11.3. The fraction of sp³-hybridized carbons (Fsp3) is 0.455. The van der Waals surface area contributed by atoms with Gasteiger partial charge in [-0.2, -0.15) is 0 Å². The molecule has 1 saturated heterocycles. The van der Waals surface area contributed by atoms with Crippen molar-refractivity contribution in [3.8, 4) is 11.5 Å². The summed E-state index contributed by atoms with van der Waals surface area (Å²) in [6.45, 7) is 1.42. The van der Waals surface area contributed by atoms with Gasteiger partial charge in [-0.05, 0) is 54.7 Å². The van der Waals surface area contributed by atoms with E-state index in [1.165, 1.54) is 11.1 Å². The molecule has 1 fully saturated rings. The lowest BCUT2D eigenvalue weighted by Gasteiger charge is -2.34. The molecule has 1 aliphatic carbocycles. The van der Waals surface area contributed by atoms with E-state index < -0.39 is 0 Å². The Morgan fingerprint density at radius 2 is 1.89 bits per heavy atom. The number of hydrogen-bond donors (Lipinski definition) is 1. The number of ether oxygens (including phenoxy) is 2. The number of rotatable bonds is 4. The fourth-order valence-corrected chi connectivity index (χ4v) is 4.09. The third-order valence-electron chi connectivity index (χ3n) is 5.64. The number of hydrogen-bond acceptors (Lipinski definition) is 4. The molecule has 0 radical (unpaired) electrons. The van der Waals surface area contributed by atoms with Crippen molar-refractivity contribution >= 4 is 6.03 Å². The van der Waals surface area contributed by atoms with E-state index in [-0.39, 0.29) is 18.2 Å². The third kappa shape index (κ3) is 4.21. The Morgan fingerprint density at radius 1 is 1.11 bits per heavy atom. The highest BCUT2D eigenvalue weighted by Crippen LogP contribution is 2.32. The van der Waals surface area contributed by atoms with E-state index in [4.69, 9.17) is 9.47 Å². The van der Waals surface area contributed by atoms with Gasteiger partial charge >= 0.3 is 6.03 Å². The molecule has 2 heterocycles. The standard InChI is InChI=1S/C22H27N3O3/c1-27-19-5-6-20-16(15-19)3-2-4-21(20)24-22(26)25-13-9-18(10-14-25)28-17-7-11-23-12-8-17/h5-8,11-12,15,18,21H,2-4,9-10,13-14H2,1H3,(H,24,26)/t21-/m0/s1. The molecule has 2 aliphatic rings. The average molecular weight is 381 g/mol. The van der Waals surface area contributed by atoms with Gasteiger partial charge in [-0.15, -0.1) is 0 Å². The Hall–Kier alpha value is -2.76. The first-order valence-corrected chi connectivity index (χ1v) is 10.0. The van der Waals surface area contributed by atoms with Crippen LogP contribution in [0, 0.1) is 0 Å². The van der Waals surface area contributed by atoms with Crippen LogP contribution in [0.15, 0.2) is 42.7 Å². The molecule has 6 nitrogen and oxygen atoms in total. The smallest absolute Gasteiger partial charge is 0.317 e. The number of carbonyl (C=O) groups excluding carboxylic acids is 1. The van der Waals surface area contributed by atoms with E-state index in [1.54, 1.807) is 19.5 Å². The molecule has 2 amide bonds. The number of aromatic nitrogens is 1. The third-order valence-corrected chi connectivity index (χ3v) is 5.64. The second-order valence-electron chi connectivity index (χ2n) is 7.45. The van der Waals surface area contributed by atoms with Crippen LogP contribution >= 0.6 is 0 Å². The maximum Gasteiger partial charge on any atom is 0.317 e. The van der Waals surface area contributed by atoms with Crippen LogP contribution < -0.4 is 14.8 Å². The highest BCUT2D eigenvalue weighted by Gasteiger charge is 2.27. The predicted molar refractivity (Wildman–Crippen MR) is 107 cm³/mol. The first kappa shape index (κ1) is 18.6. The van der Waals surface area contributed by atoms with Crippen LogP contribution in [-0.4, -0.2) is 42.2 Å². The van der Waals surface area contributed by atoms with Crippen molar-refractivity contribution in [2.75, 3.05) is 20.2 Å². The minimum Gasteiger partial charge on any atom is -0.497 e. The quantitative estimate of drug-likeness (QED) is 0.877. The zero-order valence-corrected chi connectivity index (χ0v) is 16.3. The molecule has 4 rings (SSSR count). The normalized spacial score (nSPS) is 19.6. The van der Waals surface area contributed by atoms with Gasteiger partial charge in [0.05, 0.1) is 13.2 Å². The molecule has 0 unspecified atom stereocenters. The number of amides is 2. The molecule has 0 saturated carbocycles. The molecule has 0 bridgehead atoms. The molecule has 1 atom stereocenters. The van der Waals surface area contributed by atoms with Crippen molar-refractivity contribution < 1.29 is 14.3 Å². The molecular weight excluding hydrogens is 354 g/mol. The van der Waals surface area contributed by atoms with Crippen LogP contribution in [0.1, 0.15) is 42.9 Å². The minimum absolute atomic E-state index is 0.0241. The Bertz CT molecular complexity index is 804. The Morgan fingerprint density at radius 3 is 2.64 bits per heavy atom. The van der Waals surface area contributed by atoms with E-state index in [0.29, 0.717) is 13.1 Å². The number of aryl methyl sites for hydroxylation is 1. The molecule has 1 N–H and O–H groups in total. The monoisotopic (exact) mass is 381 g/mol. The van der Waals surface area contributed by atoms with Crippen molar-refractivity contribution in [1.82, 2.24) is 15.2 Å². The van der Waals surface area contributed by atoms with Crippen molar-refractivity contribution in [3.63, 3.8) is 0 Å². The number of carbonyl (C=O) groups is 1. The van der Waals surface area contributed by atoms with Gasteiger partial charge in [0.25, 0.3) is 0 Å². The van der Waals surface area contributed by atoms with Gasteiger partial charge in [0, 0.05) is 38.3 Å². The summed E-state index contributed by atoms with van der Waals surface area (Å²) in [6, 6.07) is 10.0. The molecule has 1 aromatic carbocycles. The highest BCUT2D eigenvalue weighted by molar-refractivity contribution is 5.75. The molecule has 6 heteroatoms. The Labute approximate surface area is 165 Å². The number of pyridine rings is 1. The fourth-order valence-electron chi connectivity index (χ4n) is 4.09. The van der Waals surface area contributed by atoms with Crippen molar-refractivity contribution in [2.24, 2.45) is 0 Å². The topological polar surface area (TPSA) is 63.7 Å². The van der Waals surface area contributed by atoms with E-state index in [1.807, 2.05) is 23.1 Å². The molecule has 0 spiro atoms. The summed E-state index contributed by atoms with van der Waals surface area (Å²) in [7, 11) is 1.69. The van der Waals surface area contributed by atoms with E-state index in [2.05, 4.69) is 22.4 Å². The maximum absolute atomic E-state index is 12.8. The number of nitrogens with one attached hydrogen (secondary N) is 1. The lowest BCUT2D eigenvalue weighted by Crippen LogP contribution is -2.47. The number of benzene rings is 1. The lowest BCUT2D eigenvalue weighted by atomic mass is 9.87. The maximum atomic E-state index is 12.8. The van der Waals surface area contributed by atoms with Crippen molar-refractivity contribution in [1.29, 1.82) is 0 Å². The van der Waals surface area contributed by atoms with Gasteiger partial charge in [0.1, 0.15) is 17.6 Å². The highest BCUT2D eigenvalue weighted by atomic mass is 16.5. The second kappa shape index (κ2) is 8.50. The summed E-state index contributed by atoms with van der Waals surface area (Å²) in [4.78, 5) is 18.7. The zero-order chi connectivity index (χ0) is 19.3. The van der Waals surface area contributed by atoms with E-state index in [0.717, 1.165) is 43.6 Å². The molecular formula is C22H27N3O3. The Kier molecular flexibility index (Phi) is 5.65. The SMILES string of the molecule is COc1ccc2c(c1)CCC[C@@H]2NC(=O)N1CCC(Oc2ccncc2)CC1. The summed E-state index contributed by atoms with van der Waals surface area (Å²) in [5, 5.41) is 3.24. The number of fused-ring (bicyclic) bond motifs is 1.